The minimum atomic E-state index is -0.956. The lowest BCUT2D eigenvalue weighted by molar-refractivity contribution is -0.144. The molecule has 2 aliphatic rings. The Morgan fingerprint density at radius 1 is 1.22 bits per heavy atom. The highest BCUT2D eigenvalue weighted by Crippen LogP contribution is 2.31. The number of hydrogen-bond acceptors (Lipinski definition) is 5. The smallest absolute Gasteiger partial charge is 0.408 e. The van der Waals surface area contributed by atoms with Crippen molar-refractivity contribution in [2.24, 2.45) is 0 Å². The van der Waals surface area contributed by atoms with Crippen LogP contribution in [-0.2, 0) is 25.7 Å². The van der Waals surface area contributed by atoms with Gasteiger partial charge in [0.1, 0.15) is 12.6 Å². The molecule has 1 unspecified atom stereocenters. The van der Waals surface area contributed by atoms with Gasteiger partial charge >= 0.3 is 12.1 Å². The van der Waals surface area contributed by atoms with Crippen LogP contribution in [0.4, 0.5) is 4.79 Å². The van der Waals surface area contributed by atoms with Gasteiger partial charge in [-0.15, -0.1) is 0 Å². The maximum atomic E-state index is 11.9. The van der Waals surface area contributed by atoms with Crippen molar-refractivity contribution in [3.63, 3.8) is 0 Å². The SMILES string of the molecule is O=C1C=CC2(C=C1)CC(NC(=O)OCc1ccccc1)C(=O)O2. The van der Waals surface area contributed by atoms with Gasteiger partial charge in [0.05, 0.1) is 0 Å². The van der Waals surface area contributed by atoms with E-state index >= 15 is 0 Å². The molecular weight excluding hydrogens is 298 g/mol. The van der Waals surface area contributed by atoms with Crippen molar-refractivity contribution in [1.82, 2.24) is 5.32 Å². The summed E-state index contributed by atoms with van der Waals surface area (Å²) in [5, 5.41) is 2.49. The van der Waals surface area contributed by atoms with Crippen LogP contribution < -0.4 is 5.32 Å². The summed E-state index contributed by atoms with van der Waals surface area (Å²) in [6, 6.07) is 8.42. The lowest BCUT2D eigenvalue weighted by atomic mass is 9.93. The van der Waals surface area contributed by atoms with Crippen molar-refractivity contribution >= 4 is 17.8 Å². The summed E-state index contributed by atoms with van der Waals surface area (Å²) in [5.74, 6) is -0.712. The number of nitrogens with one attached hydrogen (secondary N) is 1. The number of rotatable bonds is 3. The van der Waals surface area contributed by atoms with Gasteiger partial charge in [-0.1, -0.05) is 30.3 Å². The molecule has 23 heavy (non-hydrogen) atoms. The van der Waals surface area contributed by atoms with E-state index < -0.39 is 23.7 Å². The fourth-order valence-corrected chi connectivity index (χ4v) is 2.48. The topological polar surface area (TPSA) is 81.7 Å². The van der Waals surface area contributed by atoms with Crippen LogP contribution in [0.1, 0.15) is 12.0 Å². The number of allylic oxidation sites excluding steroid dienone is 2. The second kappa shape index (κ2) is 6.08. The fourth-order valence-electron chi connectivity index (χ4n) is 2.48. The molecule has 1 amide bonds. The Hall–Kier alpha value is -2.89. The zero-order chi connectivity index (χ0) is 16.3. The van der Waals surface area contributed by atoms with Gasteiger partial charge < -0.3 is 14.8 Å². The molecule has 0 aromatic heterocycles. The summed E-state index contributed by atoms with van der Waals surface area (Å²) < 4.78 is 10.4. The summed E-state index contributed by atoms with van der Waals surface area (Å²) in [6.45, 7) is 0.119. The van der Waals surface area contributed by atoms with Crippen molar-refractivity contribution in [2.75, 3.05) is 0 Å². The van der Waals surface area contributed by atoms with Gasteiger partial charge in [-0.05, 0) is 29.9 Å². The molecule has 6 heteroatoms. The first kappa shape index (κ1) is 15.0. The van der Waals surface area contributed by atoms with Crippen LogP contribution >= 0.6 is 0 Å². The number of carbonyl (C=O) groups excluding carboxylic acids is 3. The van der Waals surface area contributed by atoms with Crippen LogP contribution in [0.25, 0.3) is 0 Å². The minimum Gasteiger partial charge on any atom is -0.449 e. The Morgan fingerprint density at radius 3 is 2.61 bits per heavy atom. The minimum absolute atomic E-state index is 0.119. The van der Waals surface area contributed by atoms with Crippen molar-refractivity contribution in [3.8, 4) is 0 Å². The van der Waals surface area contributed by atoms with Gasteiger partial charge in [-0.2, -0.15) is 0 Å². The molecule has 1 saturated heterocycles. The number of carbonyl (C=O) groups is 3. The molecule has 6 nitrogen and oxygen atoms in total. The van der Waals surface area contributed by atoms with Crippen molar-refractivity contribution in [3.05, 3.63) is 60.2 Å². The predicted octanol–water partition coefficient (Wildman–Crippen LogP) is 1.66. The zero-order valence-electron chi connectivity index (χ0n) is 12.2. The molecule has 1 heterocycles. The quantitative estimate of drug-likeness (QED) is 0.858. The Balaban J connectivity index is 1.55. The number of ketones is 1. The van der Waals surface area contributed by atoms with Crippen LogP contribution in [0.2, 0.25) is 0 Å². The van der Waals surface area contributed by atoms with Gasteiger partial charge in [-0.3, -0.25) is 4.79 Å². The molecule has 1 N–H and O–H groups in total. The van der Waals surface area contributed by atoms with Crippen molar-refractivity contribution < 1.29 is 23.9 Å². The maximum absolute atomic E-state index is 11.9. The highest BCUT2D eigenvalue weighted by molar-refractivity contribution is 6.01. The third-order valence-electron chi connectivity index (χ3n) is 3.66. The molecule has 1 aliphatic carbocycles. The summed E-state index contributed by atoms with van der Waals surface area (Å²) in [7, 11) is 0. The maximum Gasteiger partial charge on any atom is 0.408 e. The molecule has 3 rings (SSSR count). The summed E-state index contributed by atoms with van der Waals surface area (Å²) in [6.07, 6.45) is 5.31. The summed E-state index contributed by atoms with van der Waals surface area (Å²) in [4.78, 5) is 34.9. The van der Waals surface area contributed by atoms with Crippen LogP contribution in [0, 0.1) is 0 Å². The molecule has 1 aromatic rings. The fraction of sp³-hybridized carbons (Fsp3) is 0.235. The van der Waals surface area contributed by atoms with E-state index in [0.29, 0.717) is 0 Å². The molecule has 118 valence electrons. The highest BCUT2D eigenvalue weighted by Gasteiger charge is 2.45. The molecule has 0 radical (unpaired) electrons. The van der Waals surface area contributed by atoms with E-state index in [2.05, 4.69) is 5.32 Å². The van der Waals surface area contributed by atoms with E-state index in [1.54, 1.807) is 0 Å². The van der Waals surface area contributed by atoms with E-state index in [0.717, 1.165) is 5.56 Å². The van der Waals surface area contributed by atoms with Crippen LogP contribution in [0.15, 0.2) is 54.6 Å². The van der Waals surface area contributed by atoms with Crippen LogP contribution in [-0.4, -0.2) is 29.5 Å². The number of alkyl carbamates (subject to hydrolysis) is 1. The third kappa shape index (κ3) is 3.48. The Kier molecular flexibility index (Phi) is 3.97. The average Bonchev–Trinajstić information content (AvgIpc) is 2.85. The predicted molar refractivity (Wildman–Crippen MR) is 80.3 cm³/mol. The first-order valence-corrected chi connectivity index (χ1v) is 7.19. The molecule has 1 aromatic carbocycles. The van der Waals surface area contributed by atoms with Crippen molar-refractivity contribution in [1.29, 1.82) is 0 Å². The number of hydrogen-bond donors (Lipinski definition) is 1. The summed E-state index contributed by atoms with van der Waals surface area (Å²) >= 11 is 0. The molecular formula is C17H15NO5. The standard InChI is InChI=1S/C17H15NO5/c19-13-6-8-17(9-7-13)10-14(15(20)23-17)18-16(21)22-11-12-4-2-1-3-5-12/h1-9,14H,10-11H2,(H,18,21). The van der Waals surface area contributed by atoms with Crippen LogP contribution in [0.5, 0.6) is 0 Å². The van der Waals surface area contributed by atoms with Gasteiger partial charge in [0.15, 0.2) is 11.4 Å². The van der Waals surface area contributed by atoms with E-state index in [1.165, 1.54) is 24.3 Å². The van der Waals surface area contributed by atoms with Crippen LogP contribution in [0.3, 0.4) is 0 Å². The number of benzene rings is 1. The normalized spacial score (nSPS) is 21.3. The van der Waals surface area contributed by atoms with Gasteiger partial charge in [0, 0.05) is 6.42 Å². The average molecular weight is 313 g/mol. The zero-order valence-corrected chi connectivity index (χ0v) is 12.2. The van der Waals surface area contributed by atoms with E-state index in [1.807, 2.05) is 30.3 Å². The largest absolute Gasteiger partial charge is 0.449 e. The molecule has 1 spiro atoms. The monoisotopic (exact) mass is 313 g/mol. The number of ether oxygens (including phenoxy) is 2. The highest BCUT2D eigenvalue weighted by atomic mass is 16.6. The number of esters is 1. The van der Waals surface area contributed by atoms with E-state index in [9.17, 15) is 14.4 Å². The van der Waals surface area contributed by atoms with E-state index in [-0.39, 0.29) is 18.8 Å². The molecule has 0 saturated carbocycles. The van der Waals surface area contributed by atoms with Gasteiger partial charge in [0.25, 0.3) is 0 Å². The first-order chi connectivity index (χ1) is 11.1. The first-order valence-electron chi connectivity index (χ1n) is 7.19. The molecule has 1 aliphatic heterocycles. The molecule has 0 bridgehead atoms. The third-order valence-corrected chi connectivity index (χ3v) is 3.66. The van der Waals surface area contributed by atoms with Gasteiger partial charge in [0.2, 0.25) is 0 Å². The Labute approximate surface area is 132 Å². The Morgan fingerprint density at radius 2 is 1.91 bits per heavy atom. The number of amides is 1. The molecule has 1 fully saturated rings. The van der Waals surface area contributed by atoms with E-state index in [4.69, 9.17) is 9.47 Å². The lowest BCUT2D eigenvalue weighted by Crippen LogP contribution is -2.38. The van der Waals surface area contributed by atoms with Gasteiger partial charge in [-0.25, -0.2) is 9.59 Å². The second-order valence-electron chi connectivity index (χ2n) is 5.41. The summed E-state index contributed by atoms with van der Waals surface area (Å²) in [5.41, 5.74) is -0.104. The second-order valence-corrected chi connectivity index (χ2v) is 5.41. The Bertz CT molecular complexity index is 676. The lowest BCUT2D eigenvalue weighted by Gasteiger charge is -2.21. The van der Waals surface area contributed by atoms with Crippen molar-refractivity contribution in [2.45, 2.75) is 24.7 Å². The molecule has 1 atom stereocenters.